The summed E-state index contributed by atoms with van der Waals surface area (Å²) in [5.41, 5.74) is 1.42. The highest BCUT2D eigenvalue weighted by Gasteiger charge is 2.12. The van der Waals surface area contributed by atoms with E-state index in [1.54, 1.807) is 18.2 Å². The minimum Gasteiger partial charge on any atom is -0.487 e. The molecule has 0 aliphatic rings. The lowest BCUT2D eigenvalue weighted by Gasteiger charge is -2.14. The van der Waals surface area contributed by atoms with Crippen LogP contribution in [-0.4, -0.2) is 52.0 Å². The van der Waals surface area contributed by atoms with Crippen LogP contribution < -0.4 is 9.47 Å². The van der Waals surface area contributed by atoms with Crippen LogP contribution in [0.15, 0.2) is 48.5 Å². The van der Waals surface area contributed by atoms with Gasteiger partial charge >= 0.3 is 5.97 Å². The van der Waals surface area contributed by atoms with E-state index >= 15 is 0 Å². The van der Waals surface area contributed by atoms with Gasteiger partial charge in [-0.15, -0.1) is 11.6 Å². The molecule has 0 spiro atoms. The summed E-state index contributed by atoms with van der Waals surface area (Å²) in [6.07, 6.45) is 0. The highest BCUT2D eigenvalue weighted by molar-refractivity contribution is 6.17. The van der Waals surface area contributed by atoms with Gasteiger partial charge in [0.05, 0.1) is 39.1 Å². The molecule has 2 rings (SSSR count). The summed E-state index contributed by atoms with van der Waals surface area (Å²) >= 11 is 5.53. The second kappa shape index (κ2) is 13.0. The van der Waals surface area contributed by atoms with Crippen LogP contribution in [0.4, 0.5) is 0 Å². The number of hydrogen-bond acceptors (Lipinski definition) is 6. The van der Waals surface area contributed by atoms with Gasteiger partial charge in [-0.1, -0.05) is 30.3 Å². The van der Waals surface area contributed by atoms with Crippen LogP contribution in [0, 0.1) is 0 Å². The predicted octanol–water partition coefficient (Wildman–Crippen LogP) is 3.70. The lowest BCUT2D eigenvalue weighted by Crippen LogP contribution is -2.12. The van der Waals surface area contributed by atoms with Gasteiger partial charge in [0.25, 0.3) is 0 Å². The fourth-order valence-corrected chi connectivity index (χ4v) is 2.42. The highest BCUT2D eigenvalue weighted by Crippen LogP contribution is 2.29. The normalized spacial score (nSPS) is 10.5. The lowest BCUT2D eigenvalue weighted by molar-refractivity contribution is 0.0405. The van der Waals surface area contributed by atoms with Gasteiger partial charge < -0.3 is 23.7 Å². The fraction of sp³-hybridized carbons (Fsp3) is 0.381. The SMILES string of the molecule is COC(=O)c1ccc(OCc2ccccc2)c(OCCOCCOCCCl)c1. The summed E-state index contributed by atoms with van der Waals surface area (Å²) in [7, 11) is 1.34. The molecular formula is C21H25ClO6. The standard InChI is InChI=1S/C21H25ClO6/c1-24-21(23)18-7-8-19(28-16-17-5-3-2-4-6-17)20(15-18)27-14-13-26-12-11-25-10-9-22/h2-8,15H,9-14,16H2,1H3. The van der Waals surface area contributed by atoms with Gasteiger partial charge in [0.2, 0.25) is 0 Å². The Kier molecular flexibility index (Phi) is 10.2. The molecule has 0 aliphatic carbocycles. The molecule has 0 radical (unpaired) electrons. The van der Waals surface area contributed by atoms with Crippen molar-refractivity contribution in [2.75, 3.05) is 46.0 Å². The number of benzene rings is 2. The molecule has 152 valence electrons. The topological polar surface area (TPSA) is 63.2 Å². The third-order valence-corrected chi connectivity index (χ3v) is 3.84. The van der Waals surface area contributed by atoms with Crippen molar-refractivity contribution in [2.45, 2.75) is 6.61 Å². The Morgan fingerprint density at radius 1 is 0.857 bits per heavy atom. The zero-order valence-electron chi connectivity index (χ0n) is 15.9. The summed E-state index contributed by atoms with van der Waals surface area (Å²) in [6.45, 7) is 2.52. The number of hydrogen-bond donors (Lipinski definition) is 0. The number of rotatable bonds is 13. The van der Waals surface area contributed by atoms with E-state index in [0.29, 0.717) is 62.6 Å². The van der Waals surface area contributed by atoms with Gasteiger partial charge in [-0.25, -0.2) is 4.79 Å². The Bertz CT molecular complexity index is 707. The monoisotopic (exact) mass is 408 g/mol. The molecule has 0 atom stereocenters. The first kappa shape index (κ1) is 22.0. The first-order valence-corrected chi connectivity index (χ1v) is 9.51. The third-order valence-electron chi connectivity index (χ3n) is 3.68. The number of carbonyl (C=O) groups is 1. The molecule has 0 N–H and O–H groups in total. The molecule has 0 aliphatic heterocycles. The second-order valence-electron chi connectivity index (χ2n) is 5.69. The van der Waals surface area contributed by atoms with Gasteiger partial charge in [-0.3, -0.25) is 0 Å². The average molecular weight is 409 g/mol. The molecular weight excluding hydrogens is 384 g/mol. The number of halogens is 1. The summed E-state index contributed by atoms with van der Waals surface area (Å²) < 4.78 is 27.1. The molecule has 0 aromatic heterocycles. The van der Waals surface area contributed by atoms with E-state index in [1.165, 1.54) is 7.11 Å². The first-order valence-electron chi connectivity index (χ1n) is 8.98. The smallest absolute Gasteiger partial charge is 0.337 e. The minimum absolute atomic E-state index is 0.307. The summed E-state index contributed by atoms with van der Waals surface area (Å²) in [6, 6.07) is 14.7. The molecule has 0 saturated carbocycles. The van der Waals surface area contributed by atoms with Crippen molar-refractivity contribution in [2.24, 2.45) is 0 Å². The van der Waals surface area contributed by atoms with Crippen molar-refractivity contribution >= 4 is 17.6 Å². The van der Waals surface area contributed by atoms with Gasteiger partial charge in [-0.05, 0) is 23.8 Å². The molecule has 2 aromatic rings. The average Bonchev–Trinajstić information content (AvgIpc) is 2.74. The third kappa shape index (κ3) is 7.76. The van der Waals surface area contributed by atoms with Gasteiger partial charge in [0, 0.05) is 5.88 Å². The van der Waals surface area contributed by atoms with Crippen molar-refractivity contribution in [1.29, 1.82) is 0 Å². The number of methoxy groups -OCH3 is 1. The molecule has 0 bridgehead atoms. The van der Waals surface area contributed by atoms with E-state index in [0.717, 1.165) is 5.56 Å². The predicted molar refractivity (Wildman–Crippen MR) is 106 cm³/mol. The van der Waals surface area contributed by atoms with Crippen molar-refractivity contribution < 1.29 is 28.5 Å². The molecule has 0 fully saturated rings. The highest BCUT2D eigenvalue weighted by atomic mass is 35.5. The molecule has 0 saturated heterocycles. The first-order chi connectivity index (χ1) is 13.7. The van der Waals surface area contributed by atoms with Crippen LogP contribution in [0.25, 0.3) is 0 Å². The maximum atomic E-state index is 11.8. The fourth-order valence-electron chi connectivity index (χ4n) is 2.31. The largest absolute Gasteiger partial charge is 0.487 e. The maximum absolute atomic E-state index is 11.8. The molecule has 28 heavy (non-hydrogen) atoms. The van der Waals surface area contributed by atoms with Crippen molar-refractivity contribution in [3.63, 3.8) is 0 Å². The summed E-state index contributed by atoms with van der Waals surface area (Å²) in [5.74, 6) is 1.03. The number of alkyl halides is 1. The Labute approximate surface area is 170 Å². The van der Waals surface area contributed by atoms with Crippen LogP contribution >= 0.6 is 11.6 Å². The van der Waals surface area contributed by atoms with Crippen molar-refractivity contribution in [3.8, 4) is 11.5 Å². The second-order valence-corrected chi connectivity index (χ2v) is 6.07. The van der Waals surface area contributed by atoms with Crippen LogP contribution in [0.3, 0.4) is 0 Å². The Balaban J connectivity index is 1.91. The zero-order chi connectivity index (χ0) is 20.0. The van der Waals surface area contributed by atoms with Crippen molar-refractivity contribution in [1.82, 2.24) is 0 Å². The summed E-state index contributed by atoms with van der Waals surface area (Å²) in [4.78, 5) is 11.8. The molecule has 0 unspecified atom stereocenters. The Hall–Kier alpha value is -2.28. The number of esters is 1. The lowest BCUT2D eigenvalue weighted by atomic mass is 10.2. The number of ether oxygens (including phenoxy) is 5. The molecule has 6 nitrogen and oxygen atoms in total. The van der Waals surface area contributed by atoms with Crippen LogP contribution in [0.2, 0.25) is 0 Å². The Morgan fingerprint density at radius 2 is 1.57 bits per heavy atom. The van der Waals surface area contributed by atoms with Crippen LogP contribution in [0.1, 0.15) is 15.9 Å². The van der Waals surface area contributed by atoms with Gasteiger partial charge in [-0.2, -0.15) is 0 Å². The van der Waals surface area contributed by atoms with Gasteiger partial charge in [0.15, 0.2) is 11.5 Å². The Morgan fingerprint density at radius 3 is 2.29 bits per heavy atom. The summed E-state index contributed by atoms with van der Waals surface area (Å²) in [5, 5.41) is 0. The van der Waals surface area contributed by atoms with Crippen LogP contribution in [-0.2, 0) is 20.8 Å². The van der Waals surface area contributed by atoms with Crippen molar-refractivity contribution in [3.05, 3.63) is 59.7 Å². The molecule has 2 aromatic carbocycles. The van der Waals surface area contributed by atoms with Gasteiger partial charge in [0.1, 0.15) is 13.2 Å². The number of carbonyl (C=O) groups excluding carboxylic acids is 1. The van der Waals surface area contributed by atoms with Crippen LogP contribution in [0.5, 0.6) is 11.5 Å². The zero-order valence-corrected chi connectivity index (χ0v) is 16.7. The molecule has 7 heteroatoms. The van der Waals surface area contributed by atoms with E-state index in [1.807, 2.05) is 30.3 Å². The quantitative estimate of drug-likeness (QED) is 0.286. The van der Waals surface area contributed by atoms with E-state index in [-0.39, 0.29) is 0 Å². The van der Waals surface area contributed by atoms with E-state index in [9.17, 15) is 4.79 Å². The molecule has 0 heterocycles. The van der Waals surface area contributed by atoms with E-state index < -0.39 is 5.97 Å². The van der Waals surface area contributed by atoms with E-state index in [2.05, 4.69) is 0 Å². The minimum atomic E-state index is -0.438. The van der Waals surface area contributed by atoms with E-state index in [4.69, 9.17) is 35.3 Å². The maximum Gasteiger partial charge on any atom is 0.337 e. The molecule has 0 amide bonds.